The van der Waals surface area contributed by atoms with Gasteiger partial charge < -0.3 is 15.0 Å². The second-order valence-electron chi connectivity index (χ2n) is 5.90. The predicted octanol–water partition coefficient (Wildman–Crippen LogP) is 2.31. The van der Waals surface area contributed by atoms with Crippen molar-refractivity contribution in [1.29, 1.82) is 0 Å². The predicted molar refractivity (Wildman–Crippen MR) is 79.8 cm³/mol. The number of ether oxygens (including phenoxy) is 1. The highest BCUT2D eigenvalue weighted by Crippen LogP contribution is 2.26. The van der Waals surface area contributed by atoms with Gasteiger partial charge in [0, 0.05) is 12.1 Å². The molecular weight excluding hydrogens is 236 g/mol. The molecule has 0 aromatic heterocycles. The summed E-state index contributed by atoms with van der Waals surface area (Å²) in [6.45, 7) is 2.28. The van der Waals surface area contributed by atoms with E-state index in [2.05, 4.69) is 42.5 Å². The Bertz CT molecular complexity index is 397. The van der Waals surface area contributed by atoms with Crippen molar-refractivity contribution in [3.63, 3.8) is 0 Å². The fourth-order valence-corrected chi connectivity index (χ4v) is 3.11. The van der Waals surface area contributed by atoms with E-state index in [-0.39, 0.29) is 0 Å². The first-order chi connectivity index (χ1) is 9.13. The summed E-state index contributed by atoms with van der Waals surface area (Å²) in [6, 6.07) is 8.43. The summed E-state index contributed by atoms with van der Waals surface area (Å²) in [7, 11) is 6.05. The fourth-order valence-electron chi connectivity index (χ4n) is 3.11. The highest BCUT2D eigenvalue weighted by atomic mass is 16.5. The van der Waals surface area contributed by atoms with Crippen LogP contribution in [0, 0.1) is 0 Å². The Kier molecular flexibility index (Phi) is 4.83. The van der Waals surface area contributed by atoms with Crippen LogP contribution < -0.4 is 10.1 Å². The van der Waals surface area contributed by atoms with Crippen molar-refractivity contribution in [2.75, 3.05) is 34.3 Å². The van der Waals surface area contributed by atoms with Gasteiger partial charge in [0.15, 0.2) is 0 Å². The molecule has 1 heterocycles. The molecule has 106 valence electrons. The monoisotopic (exact) mass is 262 g/mol. The van der Waals surface area contributed by atoms with Gasteiger partial charge in [0.05, 0.1) is 7.11 Å². The molecule has 19 heavy (non-hydrogen) atoms. The lowest BCUT2D eigenvalue weighted by atomic mass is 9.89. The minimum atomic E-state index is 0.298. The third-order valence-corrected chi connectivity index (χ3v) is 3.98. The van der Waals surface area contributed by atoms with Gasteiger partial charge in [0.2, 0.25) is 0 Å². The SMILES string of the molecule is COc1cccc(CCC2(CN(C)C)CCCN2)c1. The van der Waals surface area contributed by atoms with Gasteiger partial charge in [-0.25, -0.2) is 0 Å². The van der Waals surface area contributed by atoms with Gasteiger partial charge in [-0.3, -0.25) is 0 Å². The zero-order valence-corrected chi connectivity index (χ0v) is 12.4. The van der Waals surface area contributed by atoms with Gasteiger partial charge in [-0.2, -0.15) is 0 Å². The molecule has 1 fully saturated rings. The summed E-state index contributed by atoms with van der Waals surface area (Å²) in [5.74, 6) is 0.957. The molecule has 1 saturated heterocycles. The summed E-state index contributed by atoms with van der Waals surface area (Å²) >= 11 is 0. The number of likely N-dealkylation sites (N-methyl/N-ethyl adjacent to an activating group) is 1. The topological polar surface area (TPSA) is 24.5 Å². The van der Waals surface area contributed by atoms with E-state index in [1.54, 1.807) is 7.11 Å². The van der Waals surface area contributed by atoms with Crippen molar-refractivity contribution in [3.05, 3.63) is 29.8 Å². The fraction of sp³-hybridized carbons (Fsp3) is 0.625. The molecule has 1 aliphatic heterocycles. The second kappa shape index (κ2) is 6.40. The van der Waals surface area contributed by atoms with Crippen LogP contribution in [0.2, 0.25) is 0 Å². The van der Waals surface area contributed by atoms with Crippen LogP contribution in [0.3, 0.4) is 0 Å². The molecule has 0 aliphatic carbocycles. The zero-order chi connectivity index (χ0) is 13.7. The van der Waals surface area contributed by atoms with Gasteiger partial charge in [0.1, 0.15) is 5.75 Å². The lowest BCUT2D eigenvalue weighted by Gasteiger charge is -2.32. The van der Waals surface area contributed by atoms with E-state index >= 15 is 0 Å². The first kappa shape index (κ1) is 14.4. The Balaban J connectivity index is 1.98. The van der Waals surface area contributed by atoms with E-state index in [9.17, 15) is 0 Å². The number of benzene rings is 1. The number of aryl methyl sites for hydroxylation is 1. The molecule has 0 radical (unpaired) electrons. The van der Waals surface area contributed by atoms with E-state index in [0.717, 1.165) is 25.3 Å². The number of rotatable bonds is 6. The Hall–Kier alpha value is -1.06. The van der Waals surface area contributed by atoms with Crippen LogP contribution in [0.5, 0.6) is 5.75 Å². The highest BCUT2D eigenvalue weighted by Gasteiger charge is 2.33. The minimum Gasteiger partial charge on any atom is -0.497 e. The first-order valence-corrected chi connectivity index (χ1v) is 7.16. The maximum absolute atomic E-state index is 5.29. The van der Waals surface area contributed by atoms with Crippen LogP contribution in [-0.4, -0.2) is 44.7 Å². The van der Waals surface area contributed by atoms with Crippen molar-refractivity contribution < 1.29 is 4.74 Å². The Morgan fingerprint density at radius 1 is 1.37 bits per heavy atom. The van der Waals surface area contributed by atoms with Crippen LogP contribution in [0.4, 0.5) is 0 Å². The summed E-state index contributed by atoms with van der Waals surface area (Å²) in [4.78, 5) is 2.30. The van der Waals surface area contributed by atoms with E-state index in [0.29, 0.717) is 5.54 Å². The van der Waals surface area contributed by atoms with E-state index < -0.39 is 0 Å². The smallest absolute Gasteiger partial charge is 0.119 e. The average molecular weight is 262 g/mol. The van der Waals surface area contributed by atoms with Gasteiger partial charge in [0.25, 0.3) is 0 Å². The Morgan fingerprint density at radius 3 is 2.84 bits per heavy atom. The maximum atomic E-state index is 5.29. The Morgan fingerprint density at radius 2 is 2.21 bits per heavy atom. The molecule has 2 rings (SSSR count). The molecule has 1 unspecified atom stereocenters. The lowest BCUT2D eigenvalue weighted by Crippen LogP contribution is -2.48. The standard InChI is InChI=1S/C16H26N2O/c1-18(2)13-16(9-5-11-17-16)10-8-14-6-4-7-15(12-14)19-3/h4,6-7,12,17H,5,8-11,13H2,1-3H3. The third-order valence-electron chi connectivity index (χ3n) is 3.98. The first-order valence-electron chi connectivity index (χ1n) is 7.16. The van der Waals surface area contributed by atoms with Crippen molar-refractivity contribution >= 4 is 0 Å². The summed E-state index contributed by atoms with van der Waals surface area (Å²) in [5.41, 5.74) is 1.67. The number of hydrogen-bond donors (Lipinski definition) is 1. The summed E-state index contributed by atoms with van der Waals surface area (Å²) < 4.78 is 5.29. The maximum Gasteiger partial charge on any atom is 0.119 e. The van der Waals surface area contributed by atoms with E-state index in [1.807, 2.05) is 6.07 Å². The van der Waals surface area contributed by atoms with Crippen molar-refractivity contribution in [3.8, 4) is 5.75 Å². The number of hydrogen-bond acceptors (Lipinski definition) is 3. The number of nitrogens with one attached hydrogen (secondary N) is 1. The molecule has 1 aromatic carbocycles. The molecule has 1 aliphatic rings. The molecule has 0 amide bonds. The van der Waals surface area contributed by atoms with Crippen LogP contribution in [0.1, 0.15) is 24.8 Å². The third kappa shape index (κ3) is 3.95. The van der Waals surface area contributed by atoms with Crippen molar-refractivity contribution in [1.82, 2.24) is 10.2 Å². The van der Waals surface area contributed by atoms with Gasteiger partial charge in [-0.1, -0.05) is 12.1 Å². The van der Waals surface area contributed by atoms with Gasteiger partial charge in [-0.15, -0.1) is 0 Å². The molecule has 0 saturated carbocycles. The average Bonchev–Trinajstić information content (AvgIpc) is 2.85. The van der Waals surface area contributed by atoms with Crippen molar-refractivity contribution in [2.24, 2.45) is 0 Å². The lowest BCUT2D eigenvalue weighted by molar-refractivity contribution is 0.243. The normalized spacial score (nSPS) is 22.9. The molecule has 1 atom stereocenters. The zero-order valence-electron chi connectivity index (χ0n) is 12.4. The van der Waals surface area contributed by atoms with E-state index in [1.165, 1.54) is 24.8 Å². The van der Waals surface area contributed by atoms with Crippen LogP contribution in [-0.2, 0) is 6.42 Å². The molecule has 1 N–H and O–H groups in total. The van der Waals surface area contributed by atoms with Crippen molar-refractivity contribution in [2.45, 2.75) is 31.2 Å². The largest absolute Gasteiger partial charge is 0.497 e. The quantitative estimate of drug-likeness (QED) is 0.851. The van der Waals surface area contributed by atoms with Gasteiger partial charge in [-0.05, 0) is 64.0 Å². The van der Waals surface area contributed by atoms with Crippen LogP contribution in [0.15, 0.2) is 24.3 Å². The van der Waals surface area contributed by atoms with Gasteiger partial charge >= 0.3 is 0 Å². The number of methoxy groups -OCH3 is 1. The molecule has 0 spiro atoms. The Labute approximate surface area is 116 Å². The minimum absolute atomic E-state index is 0.298. The highest BCUT2D eigenvalue weighted by molar-refractivity contribution is 5.28. The summed E-state index contributed by atoms with van der Waals surface area (Å²) in [5, 5.41) is 3.73. The van der Waals surface area contributed by atoms with Crippen LogP contribution >= 0.6 is 0 Å². The molecule has 3 nitrogen and oxygen atoms in total. The number of nitrogens with zero attached hydrogens (tertiary/aromatic N) is 1. The molecule has 3 heteroatoms. The molecule has 0 bridgehead atoms. The van der Waals surface area contributed by atoms with Crippen LogP contribution in [0.25, 0.3) is 0 Å². The molecular formula is C16H26N2O. The summed E-state index contributed by atoms with van der Waals surface area (Å²) in [6.07, 6.45) is 4.89. The second-order valence-corrected chi connectivity index (χ2v) is 5.90. The molecule has 1 aromatic rings. The van der Waals surface area contributed by atoms with E-state index in [4.69, 9.17) is 4.74 Å².